The Hall–Kier alpha value is -3.78. The first-order valence-corrected chi connectivity index (χ1v) is 11.8. The van der Waals surface area contributed by atoms with Gasteiger partial charge in [0.1, 0.15) is 11.2 Å². The summed E-state index contributed by atoms with van der Waals surface area (Å²) in [4.78, 5) is 31.7. The third-order valence-electron chi connectivity index (χ3n) is 5.40. The maximum atomic E-state index is 13.1. The van der Waals surface area contributed by atoms with Crippen molar-refractivity contribution in [1.29, 1.82) is 0 Å². The molecule has 0 aliphatic rings. The van der Waals surface area contributed by atoms with Gasteiger partial charge in [-0.15, -0.1) is 11.3 Å². The second kappa shape index (κ2) is 9.61. The van der Waals surface area contributed by atoms with Crippen LogP contribution in [0.15, 0.2) is 66.7 Å². The molecule has 7 nitrogen and oxygen atoms in total. The minimum Gasteiger partial charge on any atom is -0.337 e. The van der Waals surface area contributed by atoms with E-state index in [-0.39, 0.29) is 11.8 Å². The van der Waals surface area contributed by atoms with Gasteiger partial charge < -0.3 is 5.32 Å². The predicted octanol–water partition coefficient (Wildman–Crippen LogP) is 4.59. The van der Waals surface area contributed by atoms with E-state index in [1.54, 1.807) is 27.0 Å². The van der Waals surface area contributed by atoms with E-state index < -0.39 is 5.54 Å². The molecule has 174 valence electrons. The molecule has 4 aromatic rings. The van der Waals surface area contributed by atoms with E-state index in [1.165, 1.54) is 21.6 Å². The molecule has 0 atom stereocenters. The molecule has 2 heterocycles. The fourth-order valence-corrected chi connectivity index (χ4v) is 4.62. The molecule has 2 amide bonds. The number of hydrogen-bond donors (Lipinski definition) is 2. The van der Waals surface area contributed by atoms with Gasteiger partial charge in [0.15, 0.2) is 5.13 Å². The van der Waals surface area contributed by atoms with Gasteiger partial charge in [0, 0.05) is 23.9 Å². The van der Waals surface area contributed by atoms with Crippen LogP contribution in [0.2, 0.25) is 0 Å². The zero-order chi connectivity index (χ0) is 24.3. The van der Waals surface area contributed by atoms with Crippen LogP contribution in [0.3, 0.4) is 0 Å². The number of aryl methyl sites for hydroxylation is 2. The SMILES string of the molecule is Cc1cc(C(=O)NC(C)(C)C(=O)Nc2nc(-c3ccccc3)c(Cc3ccccc3)s2)n(C)n1. The van der Waals surface area contributed by atoms with Crippen LogP contribution < -0.4 is 10.6 Å². The van der Waals surface area contributed by atoms with Crippen molar-refractivity contribution in [2.24, 2.45) is 7.05 Å². The average Bonchev–Trinajstić information content (AvgIpc) is 3.36. The summed E-state index contributed by atoms with van der Waals surface area (Å²) in [5.41, 5.74) is 2.97. The highest BCUT2D eigenvalue weighted by molar-refractivity contribution is 7.16. The summed E-state index contributed by atoms with van der Waals surface area (Å²) < 4.78 is 1.50. The molecule has 0 bridgehead atoms. The topological polar surface area (TPSA) is 88.9 Å². The van der Waals surface area contributed by atoms with E-state index in [0.29, 0.717) is 17.2 Å². The molecule has 0 aliphatic carbocycles. The second-order valence-corrected chi connectivity index (χ2v) is 9.73. The van der Waals surface area contributed by atoms with Crippen LogP contribution in [0.1, 0.15) is 40.5 Å². The van der Waals surface area contributed by atoms with Crippen molar-refractivity contribution >= 4 is 28.3 Å². The summed E-state index contributed by atoms with van der Waals surface area (Å²) in [6.45, 7) is 5.15. The third kappa shape index (κ3) is 5.23. The maximum Gasteiger partial charge on any atom is 0.270 e. The number of benzene rings is 2. The number of hydrogen-bond acceptors (Lipinski definition) is 5. The Bertz CT molecular complexity index is 1310. The number of nitrogens with zero attached hydrogens (tertiary/aromatic N) is 3. The average molecular weight is 474 g/mol. The zero-order valence-electron chi connectivity index (χ0n) is 19.6. The van der Waals surface area contributed by atoms with Crippen LogP contribution in [0, 0.1) is 6.92 Å². The Kier molecular flexibility index (Phi) is 6.61. The molecular weight excluding hydrogens is 446 g/mol. The Balaban J connectivity index is 1.56. The number of thiazole rings is 1. The first kappa shape index (κ1) is 23.4. The Labute approximate surface area is 202 Å². The molecule has 34 heavy (non-hydrogen) atoms. The lowest BCUT2D eigenvalue weighted by atomic mass is 10.0. The van der Waals surface area contributed by atoms with Crippen LogP contribution in [0.5, 0.6) is 0 Å². The van der Waals surface area contributed by atoms with Crippen LogP contribution in [0.4, 0.5) is 5.13 Å². The van der Waals surface area contributed by atoms with Gasteiger partial charge in [-0.1, -0.05) is 60.7 Å². The molecule has 0 spiro atoms. The quantitative estimate of drug-likeness (QED) is 0.411. The van der Waals surface area contributed by atoms with Gasteiger partial charge in [0.25, 0.3) is 11.8 Å². The fourth-order valence-electron chi connectivity index (χ4n) is 3.61. The molecule has 0 fully saturated rings. The lowest BCUT2D eigenvalue weighted by Crippen LogP contribution is -2.52. The number of carbonyl (C=O) groups excluding carboxylic acids is 2. The molecule has 0 unspecified atom stereocenters. The highest BCUT2D eigenvalue weighted by Gasteiger charge is 2.32. The lowest BCUT2D eigenvalue weighted by Gasteiger charge is -2.24. The number of amides is 2. The largest absolute Gasteiger partial charge is 0.337 e. The molecule has 2 N–H and O–H groups in total. The second-order valence-electron chi connectivity index (χ2n) is 8.65. The first-order chi connectivity index (χ1) is 16.2. The van der Waals surface area contributed by atoms with Crippen molar-refractivity contribution in [3.63, 3.8) is 0 Å². The van der Waals surface area contributed by atoms with E-state index >= 15 is 0 Å². The smallest absolute Gasteiger partial charge is 0.270 e. The minimum absolute atomic E-state index is 0.348. The molecule has 0 saturated heterocycles. The number of anilines is 1. The van der Waals surface area contributed by atoms with Crippen molar-refractivity contribution in [2.75, 3.05) is 5.32 Å². The number of rotatable bonds is 7. The highest BCUT2D eigenvalue weighted by Crippen LogP contribution is 2.33. The maximum absolute atomic E-state index is 13.1. The molecule has 8 heteroatoms. The summed E-state index contributed by atoms with van der Waals surface area (Å²) >= 11 is 1.44. The van der Waals surface area contributed by atoms with Crippen molar-refractivity contribution in [3.05, 3.63) is 88.6 Å². The molecular formula is C26H27N5O2S. The number of nitrogens with one attached hydrogen (secondary N) is 2. The van der Waals surface area contributed by atoms with Crippen molar-refractivity contribution in [1.82, 2.24) is 20.1 Å². The summed E-state index contributed by atoms with van der Waals surface area (Å²) in [7, 11) is 1.70. The Morgan fingerprint density at radius 3 is 2.29 bits per heavy atom. The molecule has 0 saturated carbocycles. The molecule has 0 radical (unpaired) electrons. The molecule has 0 aliphatic heterocycles. The fraction of sp³-hybridized carbons (Fsp3) is 0.231. The van der Waals surface area contributed by atoms with E-state index in [9.17, 15) is 9.59 Å². The van der Waals surface area contributed by atoms with Gasteiger partial charge in [0.05, 0.1) is 11.4 Å². The standard InChI is InChI=1S/C26H27N5O2S/c1-17-15-20(31(4)30-17)23(32)29-26(2,3)24(33)28-25-27-22(19-13-9-6-10-14-19)21(34-25)16-18-11-7-5-8-12-18/h5-15H,16H2,1-4H3,(H,29,32)(H,27,28,33). The first-order valence-electron chi connectivity index (χ1n) is 11.0. The van der Waals surface area contributed by atoms with Crippen molar-refractivity contribution < 1.29 is 9.59 Å². The van der Waals surface area contributed by atoms with Crippen molar-refractivity contribution in [2.45, 2.75) is 32.7 Å². The van der Waals surface area contributed by atoms with Gasteiger partial charge in [-0.25, -0.2) is 4.98 Å². The molecule has 2 aromatic heterocycles. The van der Waals surface area contributed by atoms with E-state index in [1.807, 2.05) is 55.5 Å². The normalized spacial score (nSPS) is 11.3. The Morgan fingerprint density at radius 1 is 1.03 bits per heavy atom. The number of aromatic nitrogens is 3. The summed E-state index contributed by atoms with van der Waals surface area (Å²) in [5, 5.41) is 10.4. The van der Waals surface area contributed by atoms with Crippen molar-refractivity contribution in [3.8, 4) is 11.3 Å². The van der Waals surface area contributed by atoms with E-state index in [2.05, 4.69) is 27.9 Å². The summed E-state index contributed by atoms with van der Waals surface area (Å²) in [6, 6.07) is 21.8. The van der Waals surface area contributed by atoms with Crippen LogP contribution in [-0.2, 0) is 18.3 Å². The van der Waals surface area contributed by atoms with Gasteiger partial charge in [-0.2, -0.15) is 5.10 Å². The Morgan fingerprint density at radius 2 is 1.68 bits per heavy atom. The van der Waals surface area contributed by atoms with Crippen LogP contribution >= 0.6 is 11.3 Å². The van der Waals surface area contributed by atoms with Gasteiger partial charge in [-0.05, 0) is 32.4 Å². The monoisotopic (exact) mass is 473 g/mol. The predicted molar refractivity (Wildman–Crippen MR) is 135 cm³/mol. The van der Waals surface area contributed by atoms with E-state index in [4.69, 9.17) is 4.98 Å². The molecule has 4 rings (SSSR count). The van der Waals surface area contributed by atoms with Gasteiger partial charge in [0.2, 0.25) is 0 Å². The third-order valence-corrected chi connectivity index (χ3v) is 6.37. The van der Waals surface area contributed by atoms with E-state index in [0.717, 1.165) is 21.8 Å². The van der Waals surface area contributed by atoms with Gasteiger partial charge >= 0.3 is 0 Å². The zero-order valence-corrected chi connectivity index (χ0v) is 20.4. The summed E-state index contributed by atoms with van der Waals surface area (Å²) in [5.74, 6) is -0.712. The highest BCUT2D eigenvalue weighted by atomic mass is 32.1. The molecule has 2 aromatic carbocycles. The van der Waals surface area contributed by atoms with Crippen LogP contribution in [-0.4, -0.2) is 32.1 Å². The van der Waals surface area contributed by atoms with Crippen LogP contribution in [0.25, 0.3) is 11.3 Å². The lowest BCUT2D eigenvalue weighted by molar-refractivity contribution is -0.120. The minimum atomic E-state index is -1.16. The number of carbonyl (C=O) groups is 2. The summed E-state index contributed by atoms with van der Waals surface area (Å²) in [6.07, 6.45) is 0.707. The van der Waals surface area contributed by atoms with Gasteiger partial charge in [-0.3, -0.25) is 19.6 Å².